The molecule has 6 N–H and O–H groups in total. The number of phenolic OH excluding ortho intramolecular Hbond substituents is 1. The normalized spacial score (nSPS) is 26.3. The number of hydrogen-bond donors (Lipinski definition) is 5. The second kappa shape index (κ2) is 9.25. The summed E-state index contributed by atoms with van der Waals surface area (Å²) in [6.45, 7) is 2.35. The Hall–Kier alpha value is -4.15. The molecule has 0 bridgehead atoms. The molecule has 3 aliphatic rings. The van der Waals surface area contributed by atoms with Gasteiger partial charge in [0.2, 0.25) is 5.78 Å². The van der Waals surface area contributed by atoms with Crippen LogP contribution in [-0.2, 0) is 20.8 Å². The van der Waals surface area contributed by atoms with E-state index in [4.69, 9.17) is 10.5 Å². The first-order valence-corrected chi connectivity index (χ1v) is 12.7. The molecule has 10 nitrogen and oxygen atoms in total. The predicted molar refractivity (Wildman–Crippen MR) is 141 cm³/mol. The molecule has 0 radical (unpaired) electrons. The van der Waals surface area contributed by atoms with Crippen molar-refractivity contribution < 1.29 is 39.5 Å². The van der Waals surface area contributed by atoms with E-state index in [2.05, 4.69) is 0 Å². The number of fused-ring (bicyclic) bond motifs is 3. The van der Waals surface area contributed by atoms with Gasteiger partial charge in [-0.3, -0.25) is 19.3 Å². The fraction of sp³-hybridized carbons (Fsp3) is 0.345. The fourth-order valence-electron chi connectivity index (χ4n) is 6.43. The van der Waals surface area contributed by atoms with Gasteiger partial charge in [0.1, 0.15) is 28.6 Å². The van der Waals surface area contributed by atoms with Gasteiger partial charge in [-0.15, -0.1) is 0 Å². The van der Waals surface area contributed by atoms with Crippen molar-refractivity contribution in [3.8, 4) is 22.6 Å². The van der Waals surface area contributed by atoms with Crippen LogP contribution in [0.15, 0.2) is 53.3 Å². The highest BCUT2D eigenvalue weighted by Crippen LogP contribution is 2.53. The summed E-state index contributed by atoms with van der Waals surface area (Å²) in [7, 11) is 3.13. The number of benzene rings is 2. The summed E-state index contributed by atoms with van der Waals surface area (Å²) >= 11 is 0. The molecule has 3 aliphatic carbocycles. The molecule has 0 aromatic heterocycles. The van der Waals surface area contributed by atoms with Gasteiger partial charge in [0, 0.05) is 11.5 Å². The van der Waals surface area contributed by atoms with E-state index in [0.717, 1.165) is 5.56 Å². The Morgan fingerprint density at radius 2 is 1.87 bits per heavy atom. The molecule has 0 aliphatic heterocycles. The molecule has 2 aromatic carbocycles. The minimum absolute atomic E-state index is 0.0276. The van der Waals surface area contributed by atoms with Gasteiger partial charge in [-0.2, -0.15) is 0 Å². The second-order valence-electron chi connectivity index (χ2n) is 10.4. The van der Waals surface area contributed by atoms with Crippen LogP contribution in [-0.4, -0.2) is 75.1 Å². The number of ether oxygens (including phenoxy) is 1. The Labute approximate surface area is 224 Å². The SMILES string of the molecule is CCOc1cccc(-c2ccc(O)c3c2C[C@@H]2C[C@H]4[C@H](N(C)C)C(=O)C(C(N)=O)=C(O)[C@@]4(O)C(=O)C2=C3O)c1. The van der Waals surface area contributed by atoms with Crippen LogP contribution in [0.2, 0.25) is 0 Å². The molecule has 2 aromatic rings. The van der Waals surface area contributed by atoms with Crippen LogP contribution in [0.1, 0.15) is 24.5 Å². The van der Waals surface area contributed by atoms with Crippen LogP contribution in [0.3, 0.4) is 0 Å². The van der Waals surface area contributed by atoms with Crippen LogP contribution in [0.5, 0.6) is 11.5 Å². The van der Waals surface area contributed by atoms with Crippen LogP contribution < -0.4 is 10.5 Å². The lowest BCUT2D eigenvalue weighted by atomic mass is 9.57. The number of aliphatic hydroxyl groups excluding tert-OH is 2. The number of nitrogens with two attached hydrogens (primary N) is 1. The summed E-state index contributed by atoms with van der Waals surface area (Å²) < 4.78 is 5.63. The number of ketones is 2. The maximum absolute atomic E-state index is 13.9. The van der Waals surface area contributed by atoms with Crippen LogP contribution >= 0.6 is 0 Å². The molecule has 1 fully saturated rings. The number of carbonyl (C=O) groups excluding carboxylic acids is 3. The average Bonchev–Trinajstić information content (AvgIpc) is 2.86. The summed E-state index contributed by atoms with van der Waals surface area (Å²) in [6.07, 6.45) is 0.233. The minimum Gasteiger partial charge on any atom is -0.508 e. The van der Waals surface area contributed by atoms with Gasteiger partial charge in [0.05, 0.1) is 18.2 Å². The lowest BCUT2D eigenvalue weighted by molar-refractivity contribution is -0.153. The summed E-state index contributed by atoms with van der Waals surface area (Å²) in [4.78, 5) is 40.7. The molecule has 0 heterocycles. The number of likely N-dealkylation sites (N-methyl/N-ethyl adjacent to an activating group) is 1. The van der Waals surface area contributed by atoms with E-state index < -0.39 is 58.0 Å². The topological polar surface area (TPSA) is 171 Å². The first-order valence-electron chi connectivity index (χ1n) is 12.7. The Morgan fingerprint density at radius 3 is 2.51 bits per heavy atom. The molecule has 10 heteroatoms. The van der Waals surface area contributed by atoms with E-state index >= 15 is 0 Å². The Bertz CT molecular complexity index is 1490. The molecule has 1 saturated carbocycles. The number of aliphatic hydroxyl groups is 3. The Kier molecular flexibility index (Phi) is 6.27. The van der Waals surface area contributed by atoms with Gasteiger partial charge in [0.15, 0.2) is 11.4 Å². The highest BCUT2D eigenvalue weighted by Gasteiger charge is 2.64. The lowest BCUT2D eigenvalue weighted by Crippen LogP contribution is -2.65. The Balaban J connectivity index is 1.72. The number of amides is 1. The number of aromatic hydroxyl groups is 1. The zero-order chi connectivity index (χ0) is 28.4. The van der Waals surface area contributed by atoms with E-state index in [0.29, 0.717) is 23.5 Å². The number of phenols is 1. The molecule has 1 amide bonds. The number of nitrogens with zero attached hydrogens (tertiary/aromatic N) is 1. The highest BCUT2D eigenvalue weighted by molar-refractivity contribution is 6.24. The average molecular weight is 535 g/mol. The van der Waals surface area contributed by atoms with Gasteiger partial charge in [-0.25, -0.2) is 0 Å². The van der Waals surface area contributed by atoms with Crippen molar-refractivity contribution in [3.05, 3.63) is 64.4 Å². The molecule has 0 saturated heterocycles. The van der Waals surface area contributed by atoms with Crippen molar-refractivity contribution in [1.82, 2.24) is 4.90 Å². The molecular formula is C29H30N2O8. The first kappa shape index (κ1) is 26.5. The summed E-state index contributed by atoms with van der Waals surface area (Å²) in [5, 5.41) is 44.8. The van der Waals surface area contributed by atoms with Crippen LogP contribution in [0.25, 0.3) is 16.9 Å². The molecule has 39 heavy (non-hydrogen) atoms. The minimum atomic E-state index is -2.66. The van der Waals surface area contributed by atoms with E-state index in [1.54, 1.807) is 20.2 Å². The summed E-state index contributed by atoms with van der Waals surface area (Å²) in [5.41, 5.74) is 3.80. The van der Waals surface area contributed by atoms with E-state index in [-0.39, 0.29) is 29.7 Å². The maximum atomic E-state index is 13.9. The number of primary amides is 1. The van der Waals surface area contributed by atoms with Crippen molar-refractivity contribution in [2.45, 2.75) is 31.4 Å². The molecular weight excluding hydrogens is 504 g/mol. The van der Waals surface area contributed by atoms with E-state index in [1.807, 2.05) is 31.2 Å². The van der Waals surface area contributed by atoms with Crippen LogP contribution in [0, 0.1) is 11.8 Å². The van der Waals surface area contributed by atoms with Crippen molar-refractivity contribution in [3.63, 3.8) is 0 Å². The van der Waals surface area contributed by atoms with Gasteiger partial charge in [-0.05, 0) is 74.7 Å². The zero-order valence-corrected chi connectivity index (χ0v) is 21.8. The summed E-state index contributed by atoms with van der Waals surface area (Å²) in [6, 6.07) is 9.35. The molecule has 204 valence electrons. The van der Waals surface area contributed by atoms with Gasteiger partial charge >= 0.3 is 0 Å². The number of Topliss-reactive ketones (excluding diaryl/α,β-unsaturated/α-hetero) is 2. The smallest absolute Gasteiger partial charge is 0.255 e. The molecule has 5 rings (SSSR count). The lowest BCUT2D eigenvalue weighted by Gasteiger charge is -2.50. The number of carbonyl (C=O) groups is 3. The zero-order valence-electron chi connectivity index (χ0n) is 21.8. The van der Waals surface area contributed by atoms with Gasteiger partial charge in [0.25, 0.3) is 5.91 Å². The van der Waals surface area contributed by atoms with Crippen molar-refractivity contribution in [2.24, 2.45) is 17.6 Å². The standard InChI is InChI=1S/C29H30N2O8/c1-4-39-15-7-5-6-13(10-15)16-8-9-19(32)21-17(16)11-14-12-18-23(31(2)3)25(34)22(28(30)37)27(36)29(18,38)26(35)20(14)24(21)33/h5-10,14,18,23,32-33,36,38H,4,11-12H2,1-3H3,(H2,30,37)/t14-,18+,23+,29+/m1/s1. The van der Waals surface area contributed by atoms with E-state index in [1.165, 1.54) is 11.0 Å². The molecule has 4 atom stereocenters. The number of hydrogen-bond acceptors (Lipinski definition) is 9. The van der Waals surface area contributed by atoms with Crippen molar-refractivity contribution in [2.75, 3.05) is 20.7 Å². The third-order valence-electron chi connectivity index (χ3n) is 8.06. The third-order valence-corrected chi connectivity index (χ3v) is 8.06. The second-order valence-corrected chi connectivity index (χ2v) is 10.4. The largest absolute Gasteiger partial charge is 0.508 e. The fourth-order valence-corrected chi connectivity index (χ4v) is 6.43. The molecule has 0 spiro atoms. The monoisotopic (exact) mass is 534 g/mol. The third kappa shape index (κ3) is 3.74. The quantitative estimate of drug-likeness (QED) is 0.360. The van der Waals surface area contributed by atoms with E-state index in [9.17, 15) is 34.8 Å². The Morgan fingerprint density at radius 1 is 1.15 bits per heavy atom. The van der Waals surface area contributed by atoms with Gasteiger partial charge in [-0.1, -0.05) is 18.2 Å². The first-order chi connectivity index (χ1) is 18.4. The summed E-state index contributed by atoms with van der Waals surface area (Å²) in [5.74, 6) is -6.11. The van der Waals surface area contributed by atoms with Crippen LogP contribution in [0.4, 0.5) is 0 Å². The van der Waals surface area contributed by atoms with Crippen molar-refractivity contribution >= 4 is 23.2 Å². The predicted octanol–water partition coefficient (Wildman–Crippen LogP) is 2.03. The van der Waals surface area contributed by atoms with Crippen molar-refractivity contribution in [1.29, 1.82) is 0 Å². The van der Waals surface area contributed by atoms with Gasteiger partial charge < -0.3 is 30.9 Å². The highest BCUT2D eigenvalue weighted by atomic mass is 16.5. The molecule has 0 unspecified atom stereocenters. The maximum Gasteiger partial charge on any atom is 0.255 e. The number of rotatable bonds is 5.